The van der Waals surface area contributed by atoms with Gasteiger partial charge in [-0.15, -0.1) is 0 Å². The van der Waals surface area contributed by atoms with Gasteiger partial charge in [0.05, 0.1) is 0 Å². The summed E-state index contributed by atoms with van der Waals surface area (Å²) in [5, 5.41) is 5.00. The van der Waals surface area contributed by atoms with Gasteiger partial charge in [-0.1, -0.05) is 158 Å². The van der Waals surface area contributed by atoms with Gasteiger partial charge in [0, 0.05) is 33.0 Å². The molecule has 0 N–H and O–H groups in total. The van der Waals surface area contributed by atoms with Crippen LogP contribution in [0.5, 0.6) is 0 Å². The van der Waals surface area contributed by atoms with E-state index in [-0.39, 0.29) is 0 Å². The van der Waals surface area contributed by atoms with Crippen LogP contribution < -0.4 is 10.4 Å². The summed E-state index contributed by atoms with van der Waals surface area (Å²) in [5.74, 6) is 1.97. The highest BCUT2D eigenvalue weighted by atomic mass is 28.3. The minimum atomic E-state index is -1.58. The highest BCUT2D eigenvalue weighted by molar-refractivity contribution is 6.89. The van der Waals surface area contributed by atoms with Crippen LogP contribution in [0.1, 0.15) is 0 Å². The quantitative estimate of drug-likeness (QED) is 0.171. The number of furan rings is 1. The van der Waals surface area contributed by atoms with Crippen molar-refractivity contribution in [3.05, 3.63) is 164 Å². The summed E-state index contributed by atoms with van der Waals surface area (Å²) in [5.41, 5.74) is 11.9. The van der Waals surface area contributed by atoms with Gasteiger partial charge in [0.2, 0.25) is 0 Å². The fraction of sp³-hybridized carbons (Fsp3) is 0.0217. The fourth-order valence-corrected chi connectivity index (χ4v) is 10.6. The van der Waals surface area contributed by atoms with Gasteiger partial charge in [-0.25, -0.2) is 15.0 Å². The lowest BCUT2D eigenvalue weighted by atomic mass is 9.99. The Balaban J connectivity index is 1.12. The zero-order chi connectivity index (χ0) is 33.9. The van der Waals surface area contributed by atoms with Crippen LogP contribution in [-0.2, 0) is 0 Å². The van der Waals surface area contributed by atoms with E-state index in [2.05, 4.69) is 146 Å². The predicted octanol–water partition coefficient (Wildman–Crippen LogP) is 10.1. The van der Waals surface area contributed by atoms with Crippen molar-refractivity contribution in [2.75, 3.05) is 0 Å². The van der Waals surface area contributed by atoms with Crippen LogP contribution >= 0.6 is 0 Å². The molecular formula is C46H31N3OSi. The van der Waals surface area contributed by atoms with Gasteiger partial charge in [-0.2, -0.15) is 0 Å². The topological polar surface area (TPSA) is 51.8 Å². The van der Waals surface area contributed by atoms with E-state index in [9.17, 15) is 0 Å². The largest absolute Gasteiger partial charge is 0.455 e. The molecule has 7 aromatic carbocycles. The van der Waals surface area contributed by atoms with Crippen LogP contribution in [-0.4, -0.2) is 23.7 Å². The maximum Gasteiger partial charge on any atom is 0.164 e. The molecule has 3 heterocycles. The molecule has 0 saturated carbocycles. The van der Waals surface area contributed by atoms with Gasteiger partial charge < -0.3 is 4.42 Å². The number of para-hydroxylation sites is 1. The van der Waals surface area contributed by atoms with E-state index in [4.69, 9.17) is 19.4 Å². The van der Waals surface area contributed by atoms with Gasteiger partial charge in [-0.3, -0.25) is 0 Å². The van der Waals surface area contributed by atoms with Gasteiger partial charge in [0.15, 0.2) is 17.5 Å². The van der Waals surface area contributed by atoms with Gasteiger partial charge in [0.25, 0.3) is 0 Å². The number of benzene rings is 7. The van der Waals surface area contributed by atoms with E-state index in [0.717, 1.165) is 49.8 Å². The molecule has 1 atom stereocenters. The molecule has 51 heavy (non-hydrogen) atoms. The molecule has 1 unspecified atom stereocenters. The smallest absolute Gasteiger partial charge is 0.164 e. The van der Waals surface area contributed by atoms with E-state index in [1.54, 1.807) is 0 Å². The van der Waals surface area contributed by atoms with Crippen LogP contribution in [0.2, 0.25) is 6.55 Å². The summed E-state index contributed by atoms with van der Waals surface area (Å²) < 4.78 is 6.62. The Bertz CT molecular complexity index is 2760. The highest BCUT2D eigenvalue weighted by Gasteiger charge is 2.31. The average molecular weight is 670 g/mol. The van der Waals surface area contributed by atoms with Crippen molar-refractivity contribution in [1.29, 1.82) is 0 Å². The Morgan fingerprint density at radius 1 is 0.412 bits per heavy atom. The summed E-state index contributed by atoms with van der Waals surface area (Å²) in [6, 6.07) is 57.4. The molecule has 0 spiro atoms. The third-order valence-electron chi connectivity index (χ3n) is 10.2. The zero-order valence-corrected chi connectivity index (χ0v) is 29.1. The second-order valence-corrected chi connectivity index (χ2v) is 15.8. The Kier molecular flexibility index (Phi) is 6.86. The van der Waals surface area contributed by atoms with E-state index in [1.807, 2.05) is 24.3 Å². The molecule has 1 aliphatic rings. The SMILES string of the molecule is C[SiH]1c2cc(-c3ccccc3)ccc2-c2cccc(-c3nc(-c4ccccc4)nc(-c4ccc5c(c4)oc4c(-c6ccccc6)cccc45)n3)c21. The Hall–Kier alpha value is -6.43. The van der Waals surface area contributed by atoms with Crippen molar-refractivity contribution in [2.24, 2.45) is 0 Å². The maximum absolute atomic E-state index is 6.62. The minimum absolute atomic E-state index is 0.623. The van der Waals surface area contributed by atoms with Crippen molar-refractivity contribution in [1.82, 2.24) is 15.0 Å². The molecule has 0 saturated heterocycles. The van der Waals surface area contributed by atoms with Crippen molar-refractivity contribution in [3.63, 3.8) is 0 Å². The molecule has 1 aliphatic heterocycles. The van der Waals surface area contributed by atoms with E-state index in [1.165, 1.54) is 32.6 Å². The number of hydrogen-bond acceptors (Lipinski definition) is 4. The number of aromatic nitrogens is 3. The Labute approximate surface area is 297 Å². The molecule has 9 aromatic rings. The normalized spacial score (nSPS) is 13.4. The molecular weight excluding hydrogens is 639 g/mol. The lowest BCUT2D eigenvalue weighted by molar-refractivity contribution is 0.670. The minimum Gasteiger partial charge on any atom is -0.455 e. The molecule has 10 rings (SSSR count). The maximum atomic E-state index is 6.62. The van der Waals surface area contributed by atoms with Crippen LogP contribution in [0.15, 0.2) is 168 Å². The summed E-state index contributed by atoms with van der Waals surface area (Å²) >= 11 is 0. The first-order valence-corrected chi connectivity index (χ1v) is 19.7. The molecule has 0 aliphatic carbocycles. The van der Waals surface area contributed by atoms with Crippen LogP contribution in [0, 0.1) is 0 Å². The summed E-state index contributed by atoms with van der Waals surface area (Å²) in [6.45, 7) is 2.43. The van der Waals surface area contributed by atoms with Crippen LogP contribution in [0.3, 0.4) is 0 Å². The first-order chi connectivity index (χ1) is 25.2. The van der Waals surface area contributed by atoms with Crippen molar-refractivity contribution < 1.29 is 4.42 Å². The average Bonchev–Trinajstić information content (AvgIpc) is 3.73. The van der Waals surface area contributed by atoms with Crippen molar-refractivity contribution >= 4 is 41.1 Å². The monoisotopic (exact) mass is 669 g/mol. The number of fused-ring (bicyclic) bond motifs is 6. The molecule has 0 fully saturated rings. The van der Waals surface area contributed by atoms with Crippen molar-refractivity contribution in [2.45, 2.75) is 6.55 Å². The number of rotatable bonds is 5. The van der Waals surface area contributed by atoms with Crippen molar-refractivity contribution in [3.8, 4) is 67.5 Å². The Morgan fingerprint density at radius 2 is 1.02 bits per heavy atom. The molecule has 0 radical (unpaired) electrons. The number of hydrogen-bond donors (Lipinski definition) is 0. The second-order valence-electron chi connectivity index (χ2n) is 13.2. The fourth-order valence-electron chi connectivity index (χ4n) is 7.72. The lowest BCUT2D eigenvalue weighted by Crippen LogP contribution is -2.36. The molecule has 4 nitrogen and oxygen atoms in total. The van der Waals surface area contributed by atoms with E-state index < -0.39 is 8.80 Å². The summed E-state index contributed by atoms with van der Waals surface area (Å²) in [7, 11) is -1.58. The van der Waals surface area contributed by atoms with E-state index >= 15 is 0 Å². The van der Waals surface area contributed by atoms with Crippen LogP contribution in [0.25, 0.3) is 89.5 Å². The first kappa shape index (κ1) is 29.5. The first-order valence-electron chi connectivity index (χ1n) is 17.4. The molecule has 240 valence electrons. The van der Waals surface area contributed by atoms with Gasteiger partial charge >= 0.3 is 0 Å². The summed E-state index contributed by atoms with van der Waals surface area (Å²) in [4.78, 5) is 15.5. The summed E-state index contributed by atoms with van der Waals surface area (Å²) in [6.07, 6.45) is 0. The lowest BCUT2D eigenvalue weighted by Gasteiger charge is -2.13. The van der Waals surface area contributed by atoms with Gasteiger partial charge in [0.1, 0.15) is 20.0 Å². The number of nitrogens with zero attached hydrogens (tertiary/aromatic N) is 3. The molecule has 2 aromatic heterocycles. The predicted molar refractivity (Wildman–Crippen MR) is 212 cm³/mol. The van der Waals surface area contributed by atoms with Gasteiger partial charge in [-0.05, 0) is 50.3 Å². The van der Waals surface area contributed by atoms with E-state index in [0.29, 0.717) is 17.5 Å². The van der Waals surface area contributed by atoms with Crippen LogP contribution in [0.4, 0.5) is 0 Å². The third kappa shape index (κ3) is 4.93. The standard InChI is InChI=1S/C46H31N3OSi/c1-51-41-28-32(29-13-5-2-6-14-29)23-26-36(41)38-21-12-22-39(43(38)51)46-48-44(31-17-9-4-10-18-31)47-45(49-46)33-24-25-35-37-20-11-19-34(30-15-7-3-8-16-30)42(37)50-40(35)27-33/h2-28,51H,1H3. The highest BCUT2D eigenvalue weighted by Crippen LogP contribution is 2.38. The molecule has 0 amide bonds. The molecule has 0 bridgehead atoms. The third-order valence-corrected chi connectivity index (χ3v) is 13.1. The second kappa shape index (κ2) is 11.9. The zero-order valence-electron chi connectivity index (χ0n) is 27.9. The Morgan fingerprint density at radius 3 is 1.78 bits per heavy atom. The molecule has 5 heteroatoms.